The van der Waals surface area contributed by atoms with E-state index in [4.69, 9.17) is 14.5 Å². The highest BCUT2D eigenvalue weighted by atomic mass is 32.1. The van der Waals surface area contributed by atoms with Gasteiger partial charge in [0.05, 0.1) is 30.5 Å². The number of methoxy groups -OCH3 is 1. The molecule has 7 nitrogen and oxygen atoms in total. The third-order valence-electron chi connectivity index (χ3n) is 5.65. The lowest BCUT2D eigenvalue weighted by molar-refractivity contribution is 0.102. The maximum atomic E-state index is 13.1. The van der Waals surface area contributed by atoms with Crippen LogP contribution in [-0.4, -0.2) is 42.1 Å². The van der Waals surface area contributed by atoms with E-state index in [9.17, 15) is 9.59 Å². The highest BCUT2D eigenvalue weighted by Crippen LogP contribution is 2.45. The number of carbonyl (C=O) groups is 2. The predicted octanol–water partition coefficient (Wildman–Crippen LogP) is 5.80. The topological polar surface area (TPSA) is 80.8 Å². The van der Waals surface area contributed by atoms with Crippen molar-refractivity contribution < 1.29 is 19.1 Å². The Balaban J connectivity index is 1.52. The number of nitrogens with one attached hydrogen (secondary N) is 1. The Morgan fingerprint density at radius 3 is 2.65 bits per heavy atom. The Morgan fingerprint density at radius 2 is 1.91 bits per heavy atom. The molecule has 0 fully saturated rings. The maximum absolute atomic E-state index is 13.1. The Labute approximate surface area is 205 Å². The molecule has 1 aliphatic heterocycles. The van der Waals surface area contributed by atoms with Gasteiger partial charge in [0, 0.05) is 22.5 Å². The number of thiophene rings is 1. The van der Waals surface area contributed by atoms with Crippen molar-refractivity contribution in [3.05, 3.63) is 64.5 Å². The van der Waals surface area contributed by atoms with Crippen molar-refractivity contribution >= 4 is 49.9 Å². The van der Waals surface area contributed by atoms with Crippen LogP contribution in [0.4, 0.5) is 9.80 Å². The third-order valence-corrected chi connectivity index (χ3v) is 7.84. The van der Waals surface area contributed by atoms with E-state index in [0.717, 1.165) is 42.0 Å². The van der Waals surface area contributed by atoms with Gasteiger partial charge in [0.25, 0.3) is 5.91 Å². The monoisotopic (exact) mass is 493 g/mol. The molecule has 3 heterocycles. The largest absolute Gasteiger partial charge is 0.494 e. The molecule has 1 aliphatic rings. The zero-order chi connectivity index (χ0) is 23.7. The lowest BCUT2D eigenvalue weighted by atomic mass is 10.0. The van der Waals surface area contributed by atoms with Crippen LogP contribution in [0.1, 0.15) is 27.7 Å². The summed E-state index contributed by atoms with van der Waals surface area (Å²) < 4.78 is 11.5. The van der Waals surface area contributed by atoms with Gasteiger partial charge in [-0.05, 0) is 55.3 Å². The first-order chi connectivity index (χ1) is 16.6. The molecule has 0 saturated heterocycles. The number of benzene rings is 2. The number of hydrogen-bond donors (Lipinski definition) is 1. The van der Waals surface area contributed by atoms with Crippen LogP contribution in [0.3, 0.4) is 0 Å². The molecule has 5 rings (SSSR count). The van der Waals surface area contributed by atoms with E-state index < -0.39 is 0 Å². The summed E-state index contributed by atoms with van der Waals surface area (Å²) in [5.41, 5.74) is 3.55. The summed E-state index contributed by atoms with van der Waals surface area (Å²) in [6, 6.07) is 15.1. The van der Waals surface area contributed by atoms with E-state index in [2.05, 4.69) is 5.32 Å². The van der Waals surface area contributed by atoms with Crippen molar-refractivity contribution in [2.45, 2.75) is 19.9 Å². The number of carbonyl (C=O) groups excluding carboxylic acids is 2. The van der Waals surface area contributed by atoms with Gasteiger partial charge in [-0.2, -0.15) is 0 Å². The SMILES string of the molecule is CCOc1ccc(C(=O)Nc2sc3c(c2-c2nc4ccccc4s2)CCN(C(=O)OC)C3)cc1. The maximum Gasteiger partial charge on any atom is 0.409 e. The minimum absolute atomic E-state index is 0.200. The van der Waals surface area contributed by atoms with E-state index in [0.29, 0.717) is 31.7 Å². The molecule has 4 aromatic rings. The quantitative estimate of drug-likeness (QED) is 0.380. The van der Waals surface area contributed by atoms with Gasteiger partial charge in [-0.1, -0.05) is 12.1 Å². The number of hydrogen-bond acceptors (Lipinski definition) is 7. The van der Waals surface area contributed by atoms with Crippen molar-refractivity contribution in [1.29, 1.82) is 0 Å². The first-order valence-electron chi connectivity index (χ1n) is 10.9. The summed E-state index contributed by atoms with van der Waals surface area (Å²) in [6.07, 6.45) is 0.325. The van der Waals surface area contributed by atoms with Crippen LogP contribution < -0.4 is 10.1 Å². The third kappa shape index (κ3) is 4.24. The number of amides is 2. The fourth-order valence-corrected chi connectivity index (χ4v) is 6.40. The number of anilines is 1. The zero-order valence-electron chi connectivity index (χ0n) is 18.8. The number of rotatable bonds is 5. The smallest absolute Gasteiger partial charge is 0.409 e. The molecule has 2 aromatic carbocycles. The van der Waals surface area contributed by atoms with Crippen LogP contribution in [0.2, 0.25) is 0 Å². The summed E-state index contributed by atoms with van der Waals surface area (Å²) in [6.45, 7) is 3.49. The number of aromatic nitrogens is 1. The Bertz CT molecular complexity index is 1330. The van der Waals surface area contributed by atoms with Gasteiger partial charge in [0.15, 0.2) is 0 Å². The number of thiazole rings is 1. The second kappa shape index (κ2) is 9.44. The molecule has 9 heteroatoms. The number of para-hydroxylation sites is 1. The highest BCUT2D eigenvalue weighted by Gasteiger charge is 2.30. The van der Waals surface area contributed by atoms with Crippen molar-refractivity contribution in [3.63, 3.8) is 0 Å². The molecule has 0 unspecified atom stereocenters. The van der Waals surface area contributed by atoms with Gasteiger partial charge in [0.1, 0.15) is 15.8 Å². The molecule has 174 valence electrons. The van der Waals surface area contributed by atoms with Gasteiger partial charge >= 0.3 is 6.09 Å². The summed E-state index contributed by atoms with van der Waals surface area (Å²) in [5, 5.41) is 4.72. The molecule has 34 heavy (non-hydrogen) atoms. The van der Waals surface area contributed by atoms with E-state index in [-0.39, 0.29) is 12.0 Å². The Kier molecular flexibility index (Phi) is 6.21. The first-order valence-corrected chi connectivity index (χ1v) is 12.6. The van der Waals surface area contributed by atoms with Crippen LogP contribution in [0.25, 0.3) is 20.8 Å². The highest BCUT2D eigenvalue weighted by molar-refractivity contribution is 7.23. The Morgan fingerprint density at radius 1 is 1.12 bits per heavy atom. The lowest BCUT2D eigenvalue weighted by Crippen LogP contribution is -2.35. The number of fused-ring (bicyclic) bond motifs is 2. The fourth-order valence-electron chi connectivity index (χ4n) is 4.03. The van der Waals surface area contributed by atoms with Crippen molar-refractivity contribution in [1.82, 2.24) is 9.88 Å². The van der Waals surface area contributed by atoms with Gasteiger partial charge in [-0.25, -0.2) is 9.78 Å². The van der Waals surface area contributed by atoms with Crippen LogP contribution in [0.5, 0.6) is 5.75 Å². The standard InChI is InChI=1S/C25H23N3O4S2/c1-3-32-16-10-8-15(9-11-16)22(29)27-24-21(23-26-18-6-4-5-7-19(18)33-23)17-12-13-28(25(30)31-2)14-20(17)34-24/h4-11H,3,12-14H2,1-2H3,(H,27,29). The molecular formula is C25H23N3O4S2. The predicted molar refractivity (Wildman–Crippen MR) is 135 cm³/mol. The molecule has 0 radical (unpaired) electrons. The van der Waals surface area contributed by atoms with E-state index in [1.54, 1.807) is 40.5 Å². The molecule has 2 amide bonds. The summed E-state index contributed by atoms with van der Waals surface area (Å²) in [7, 11) is 1.39. The van der Waals surface area contributed by atoms with Crippen LogP contribution in [0.15, 0.2) is 48.5 Å². The van der Waals surface area contributed by atoms with Gasteiger partial charge in [-0.15, -0.1) is 22.7 Å². The minimum atomic E-state index is -0.347. The van der Waals surface area contributed by atoms with Gasteiger partial charge in [0.2, 0.25) is 0 Å². The molecular weight excluding hydrogens is 470 g/mol. The van der Waals surface area contributed by atoms with E-state index in [1.165, 1.54) is 18.4 Å². The van der Waals surface area contributed by atoms with Crippen molar-refractivity contribution in [2.24, 2.45) is 0 Å². The molecule has 1 N–H and O–H groups in total. The van der Waals surface area contributed by atoms with Crippen LogP contribution >= 0.6 is 22.7 Å². The molecule has 0 saturated carbocycles. The summed E-state index contributed by atoms with van der Waals surface area (Å²) in [4.78, 5) is 32.8. The van der Waals surface area contributed by atoms with E-state index >= 15 is 0 Å². The van der Waals surface area contributed by atoms with Crippen LogP contribution in [-0.2, 0) is 17.7 Å². The second-order valence-corrected chi connectivity index (χ2v) is 9.88. The molecule has 0 atom stereocenters. The average Bonchev–Trinajstić information content (AvgIpc) is 3.44. The van der Waals surface area contributed by atoms with Crippen molar-refractivity contribution in [2.75, 3.05) is 25.6 Å². The molecule has 0 bridgehead atoms. The first kappa shape index (κ1) is 22.4. The number of nitrogens with zero attached hydrogens (tertiary/aromatic N) is 2. The number of ether oxygens (including phenoxy) is 2. The molecule has 0 aliphatic carbocycles. The summed E-state index contributed by atoms with van der Waals surface area (Å²) >= 11 is 3.10. The normalized spacial score (nSPS) is 12.9. The second-order valence-electron chi connectivity index (χ2n) is 7.75. The minimum Gasteiger partial charge on any atom is -0.494 e. The Hall–Kier alpha value is -3.43. The van der Waals surface area contributed by atoms with Gasteiger partial charge in [-0.3, -0.25) is 4.79 Å². The van der Waals surface area contributed by atoms with Crippen LogP contribution in [0, 0.1) is 0 Å². The van der Waals surface area contributed by atoms with Crippen molar-refractivity contribution in [3.8, 4) is 16.3 Å². The lowest BCUT2D eigenvalue weighted by Gasteiger charge is -2.25. The molecule has 2 aromatic heterocycles. The fraction of sp³-hybridized carbons (Fsp3) is 0.240. The average molecular weight is 494 g/mol. The van der Waals surface area contributed by atoms with Gasteiger partial charge < -0.3 is 19.7 Å². The zero-order valence-corrected chi connectivity index (χ0v) is 20.4. The summed E-state index contributed by atoms with van der Waals surface area (Å²) in [5.74, 6) is 0.525. The van der Waals surface area contributed by atoms with E-state index in [1.807, 2.05) is 31.2 Å². The molecule has 0 spiro atoms.